The average molecular weight is 567 g/mol. The molecule has 3 aliphatic rings. The van der Waals surface area contributed by atoms with Crippen molar-refractivity contribution in [2.24, 2.45) is 17.3 Å². The summed E-state index contributed by atoms with van der Waals surface area (Å²) in [7, 11) is 0. The first-order chi connectivity index (χ1) is 19.6. The van der Waals surface area contributed by atoms with Gasteiger partial charge in [0.15, 0.2) is 5.82 Å². The van der Waals surface area contributed by atoms with Gasteiger partial charge in [0, 0.05) is 48.7 Å². The molecule has 3 aromatic heterocycles. The number of carboxylic acid groups (broad SMARTS) is 1. The largest absolute Gasteiger partial charge is 0.481 e. The number of alkyl halides is 3. The number of hydrogen-bond donors (Lipinski definition) is 2. The minimum Gasteiger partial charge on any atom is -0.481 e. The van der Waals surface area contributed by atoms with Gasteiger partial charge in [0.05, 0.1) is 5.69 Å². The first-order valence-corrected chi connectivity index (χ1v) is 14.2. The molecule has 216 valence electrons. The first-order valence-electron chi connectivity index (χ1n) is 14.2. The van der Waals surface area contributed by atoms with Gasteiger partial charge >= 0.3 is 12.1 Å². The molecule has 0 amide bonds. The number of allylic oxidation sites excluding steroid dienone is 1. The number of piperidine rings is 1. The highest BCUT2D eigenvalue weighted by Gasteiger charge is 2.39. The van der Waals surface area contributed by atoms with Gasteiger partial charge < -0.3 is 15.0 Å². The molecule has 2 N–H and O–H groups in total. The molecule has 4 heterocycles. The summed E-state index contributed by atoms with van der Waals surface area (Å²) in [4.78, 5) is 34.1. The third-order valence-electron chi connectivity index (χ3n) is 9.15. The van der Waals surface area contributed by atoms with E-state index in [-0.39, 0.29) is 18.2 Å². The number of aromatic amines is 1. The highest BCUT2D eigenvalue weighted by molar-refractivity contribution is 5.82. The van der Waals surface area contributed by atoms with Gasteiger partial charge in [-0.15, -0.1) is 0 Å². The lowest BCUT2D eigenvalue weighted by Crippen LogP contribution is -2.42. The number of carbonyl (C=O) groups is 1. The zero-order valence-electron chi connectivity index (χ0n) is 22.9. The third-order valence-corrected chi connectivity index (χ3v) is 9.15. The second-order valence-corrected chi connectivity index (χ2v) is 11.9. The lowest BCUT2D eigenvalue weighted by Gasteiger charge is -2.46. The standard InChI is InChI=1S/C30H33F3N6O2/c1-18-14-22-23(16-21(18)28-34-11-6-24(38-28)30(31,32)33)37-27(36-22)20-2-3-25(35-17-20)39-12-9-29(10-13-39)7-4-19(5-8-29)15-26(40)41/h2-3,6,11,16-19H,4-5,7-10,12-15H2,1H3,(H,36,37)(H,40,41). The fraction of sp³-hybridized carbons (Fsp3) is 0.500. The number of H-pyrrole nitrogens is 1. The Kier molecular flexibility index (Phi) is 7.07. The third kappa shape index (κ3) is 5.71. The summed E-state index contributed by atoms with van der Waals surface area (Å²) in [5, 5.41) is 9.10. The predicted molar refractivity (Wildman–Crippen MR) is 148 cm³/mol. The number of pyridine rings is 1. The van der Waals surface area contributed by atoms with Crippen molar-refractivity contribution in [3.05, 3.63) is 53.5 Å². The summed E-state index contributed by atoms with van der Waals surface area (Å²) >= 11 is 0. The van der Waals surface area contributed by atoms with E-state index in [1.807, 2.05) is 25.3 Å². The SMILES string of the molecule is CC1Cc2[nH]c(-c3ccc(N4CCC5(CCC(CC(=O)O)CC5)CC4)nc3)nc2C=C1c1nccc(C(F)(F)F)n1. The molecule has 2 fully saturated rings. The van der Waals surface area contributed by atoms with Crippen molar-refractivity contribution < 1.29 is 23.1 Å². The van der Waals surface area contributed by atoms with E-state index < -0.39 is 17.8 Å². The zero-order valence-corrected chi connectivity index (χ0v) is 22.9. The molecule has 6 rings (SSSR count). The van der Waals surface area contributed by atoms with E-state index in [0.29, 0.717) is 34.8 Å². The number of imidazole rings is 1. The van der Waals surface area contributed by atoms with Crippen LogP contribution < -0.4 is 4.90 Å². The molecule has 1 unspecified atom stereocenters. The van der Waals surface area contributed by atoms with Crippen LogP contribution in [0.25, 0.3) is 23.0 Å². The summed E-state index contributed by atoms with van der Waals surface area (Å²) in [6.07, 6.45) is 7.53. The van der Waals surface area contributed by atoms with Crippen LogP contribution in [0.1, 0.15) is 74.8 Å². The highest BCUT2D eigenvalue weighted by atomic mass is 19.4. The van der Waals surface area contributed by atoms with Crippen LogP contribution in [-0.4, -0.2) is 49.1 Å². The van der Waals surface area contributed by atoms with Crippen molar-refractivity contribution >= 4 is 23.4 Å². The van der Waals surface area contributed by atoms with Crippen molar-refractivity contribution in [3.63, 3.8) is 0 Å². The molecule has 0 radical (unpaired) electrons. The lowest BCUT2D eigenvalue weighted by molar-refractivity contribution is -0.141. The molecule has 3 aromatic rings. The predicted octanol–water partition coefficient (Wildman–Crippen LogP) is 6.26. The molecule has 1 saturated carbocycles. The van der Waals surface area contributed by atoms with E-state index in [0.717, 1.165) is 81.0 Å². The van der Waals surface area contributed by atoms with Crippen molar-refractivity contribution in [1.82, 2.24) is 24.9 Å². The van der Waals surface area contributed by atoms with E-state index in [2.05, 4.69) is 19.9 Å². The molecule has 1 aliphatic heterocycles. The maximum Gasteiger partial charge on any atom is 0.433 e. The summed E-state index contributed by atoms with van der Waals surface area (Å²) in [5.41, 5.74) is 2.45. The number of hydrogen-bond acceptors (Lipinski definition) is 6. The van der Waals surface area contributed by atoms with Crippen LogP contribution in [0.4, 0.5) is 19.0 Å². The minimum atomic E-state index is -4.53. The topological polar surface area (TPSA) is 108 Å². The lowest BCUT2D eigenvalue weighted by atomic mass is 9.65. The second kappa shape index (κ2) is 10.6. The van der Waals surface area contributed by atoms with Crippen molar-refractivity contribution in [2.45, 2.75) is 64.5 Å². The molecule has 11 heteroatoms. The highest BCUT2D eigenvalue weighted by Crippen LogP contribution is 2.47. The minimum absolute atomic E-state index is 0.0742. The van der Waals surface area contributed by atoms with Gasteiger partial charge in [-0.05, 0) is 86.5 Å². The van der Waals surface area contributed by atoms with Crippen LogP contribution >= 0.6 is 0 Å². The molecule has 0 bridgehead atoms. The normalized spacial score (nSPS) is 21.0. The number of halogens is 3. The molecule has 8 nitrogen and oxygen atoms in total. The number of fused-ring (bicyclic) bond motifs is 1. The van der Waals surface area contributed by atoms with Gasteiger partial charge in [-0.3, -0.25) is 4.79 Å². The van der Waals surface area contributed by atoms with E-state index >= 15 is 0 Å². The van der Waals surface area contributed by atoms with E-state index in [9.17, 15) is 18.0 Å². The molecular formula is C30H33F3N6O2. The van der Waals surface area contributed by atoms with Gasteiger partial charge in [0.1, 0.15) is 17.3 Å². The van der Waals surface area contributed by atoms with Crippen LogP contribution in [-0.2, 0) is 17.4 Å². The van der Waals surface area contributed by atoms with E-state index in [1.54, 1.807) is 6.08 Å². The summed E-state index contributed by atoms with van der Waals surface area (Å²) in [6, 6.07) is 4.89. The molecule has 1 atom stereocenters. The number of nitrogens with one attached hydrogen (secondary N) is 1. The smallest absolute Gasteiger partial charge is 0.433 e. The van der Waals surface area contributed by atoms with Crippen molar-refractivity contribution in [2.75, 3.05) is 18.0 Å². The van der Waals surface area contributed by atoms with Crippen LogP contribution in [0.15, 0.2) is 30.6 Å². The summed E-state index contributed by atoms with van der Waals surface area (Å²) < 4.78 is 39.6. The number of aliphatic carboxylic acids is 1. The Morgan fingerprint density at radius 2 is 1.85 bits per heavy atom. The first kappa shape index (κ1) is 27.4. The Bertz CT molecular complexity index is 1450. The number of anilines is 1. The number of carboxylic acids is 1. The number of rotatable bonds is 5. The molecular weight excluding hydrogens is 533 g/mol. The van der Waals surface area contributed by atoms with Crippen molar-refractivity contribution in [1.29, 1.82) is 0 Å². The van der Waals surface area contributed by atoms with E-state index in [4.69, 9.17) is 15.1 Å². The maximum absolute atomic E-state index is 13.2. The maximum atomic E-state index is 13.2. The average Bonchev–Trinajstić information content (AvgIpc) is 3.37. The summed E-state index contributed by atoms with van der Waals surface area (Å²) in [5.74, 6) is 1.22. The van der Waals surface area contributed by atoms with Gasteiger partial charge in [0.2, 0.25) is 0 Å². The van der Waals surface area contributed by atoms with Crippen LogP contribution in [0.5, 0.6) is 0 Å². The second-order valence-electron chi connectivity index (χ2n) is 11.9. The van der Waals surface area contributed by atoms with E-state index in [1.165, 1.54) is 0 Å². The monoisotopic (exact) mass is 566 g/mol. The number of nitrogens with zero attached hydrogens (tertiary/aromatic N) is 5. The molecule has 41 heavy (non-hydrogen) atoms. The summed E-state index contributed by atoms with van der Waals surface area (Å²) in [6.45, 7) is 3.82. The molecule has 2 aliphatic carbocycles. The van der Waals surface area contributed by atoms with Gasteiger partial charge in [-0.1, -0.05) is 6.92 Å². The Morgan fingerprint density at radius 1 is 1.10 bits per heavy atom. The van der Waals surface area contributed by atoms with Gasteiger partial charge in [0.25, 0.3) is 0 Å². The zero-order chi connectivity index (χ0) is 28.8. The van der Waals surface area contributed by atoms with Crippen LogP contribution in [0.3, 0.4) is 0 Å². The Hall–Kier alpha value is -3.76. The van der Waals surface area contributed by atoms with Crippen molar-refractivity contribution in [3.8, 4) is 11.4 Å². The molecule has 1 spiro atoms. The Morgan fingerprint density at radius 3 is 2.51 bits per heavy atom. The molecule has 0 aromatic carbocycles. The van der Waals surface area contributed by atoms with Gasteiger partial charge in [-0.2, -0.15) is 13.2 Å². The van der Waals surface area contributed by atoms with Crippen LogP contribution in [0, 0.1) is 17.3 Å². The Balaban J connectivity index is 1.12. The molecule has 1 saturated heterocycles. The Labute approximate surface area is 236 Å². The fourth-order valence-corrected chi connectivity index (χ4v) is 6.65. The number of aromatic nitrogens is 5. The van der Waals surface area contributed by atoms with Crippen LogP contribution in [0.2, 0.25) is 0 Å². The quantitative estimate of drug-likeness (QED) is 0.375. The fourth-order valence-electron chi connectivity index (χ4n) is 6.65. The van der Waals surface area contributed by atoms with Gasteiger partial charge in [-0.25, -0.2) is 19.9 Å².